The lowest BCUT2D eigenvalue weighted by Crippen LogP contribution is -2.35. The van der Waals surface area contributed by atoms with E-state index in [0.717, 1.165) is 0 Å². The lowest BCUT2D eigenvalue weighted by atomic mass is 9.86. The normalized spacial score (nSPS) is 15.3. The Morgan fingerprint density at radius 3 is 1.93 bits per heavy atom. The van der Waals surface area contributed by atoms with Gasteiger partial charge in [0.15, 0.2) is 0 Å². The summed E-state index contributed by atoms with van der Waals surface area (Å²) in [5, 5.41) is 3.41. The lowest BCUT2D eigenvalue weighted by molar-refractivity contribution is 0.376. The van der Waals surface area contributed by atoms with Crippen LogP contribution in [0.5, 0.6) is 0 Å². The van der Waals surface area contributed by atoms with Crippen LogP contribution < -0.4 is 5.32 Å². The fraction of sp³-hybridized carbons (Fsp3) is 0.571. The summed E-state index contributed by atoms with van der Waals surface area (Å²) in [6, 6.07) is 9.42. The van der Waals surface area contributed by atoms with Crippen LogP contribution in [0.1, 0.15) is 37.8 Å². The van der Waals surface area contributed by atoms with Gasteiger partial charge in [0.05, 0.1) is 0 Å². The van der Waals surface area contributed by atoms with Crippen LogP contribution in [-0.4, -0.2) is 13.1 Å². The molecule has 0 aliphatic carbocycles. The van der Waals surface area contributed by atoms with Gasteiger partial charge in [0.1, 0.15) is 0 Å². The molecule has 0 spiro atoms. The first-order valence-electron chi connectivity index (χ1n) is 5.80. The average Bonchev–Trinajstić information content (AvgIpc) is 2.19. The Morgan fingerprint density at radius 1 is 1.00 bits per heavy atom. The van der Waals surface area contributed by atoms with Gasteiger partial charge in [0.25, 0.3) is 0 Å². The number of hydrogen-bond donors (Lipinski definition) is 1. The first kappa shape index (κ1) is 12.3. The van der Waals surface area contributed by atoms with Gasteiger partial charge in [-0.15, -0.1) is 0 Å². The first-order chi connectivity index (χ1) is 7.06. The molecule has 1 heteroatoms. The fourth-order valence-corrected chi connectivity index (χ4v) is 2.24. The van der Waals surface area contributed by atoms with Crippen LogP contribution in [0.15, 0.2) is 24.3 Å². The summed E-state index contributed by atoms with van der Waals surface area (Å²) >= 11 is 0. The maximum absolute atomic E-state index is 3.41. The highest BCUT2D eigenvalue weighted by Crippen LogP contribution is 2.23. The van der Waals surface area contributed by atoms with E-state index in [1.807, 2.05) is 0 Å². The molecule has 15 heavy (non-hydrogen) atoms. The van der Waals surface area contributed by atoms with E-state index in [4.69, 9.17) is 0 Å². The van der Waals surface area contributed by atoms with Gasteiger partial charge < -0.3 is 5.32 Å². The van der Waals surface area contributed by atoms with E-state index in [2.05, 4.69) is 64.3 Å². The van der Waals surface area contributed by atoms with Crippen molar-refractivity contribution in [1.82, 2.24) is 5.32 Å². The predicted octanol–water partition coefficient (Wildman–Crippen LogP) is 3.34. The maximum atomic E-state index is 3.41. The quantitative estimate of drug-likeness (QED) is 0.795. The lowest BCUT2D eigenvalue weighted by Gasteiger charge is -2.27. The summed E-state index contributed by atoms with van der Waals surface area (Å²) in [6.07, 6.45) is 0. The standard InChI is InChI=1S/C14H23N/c1-10(2)14(15-5)12(4)13-8-6-11(3)7-9-13/h6-10,12,14-15H,1-5H3. The molecule has 0 aromatic heterocycles. The fourth-order valence-electron chi connectivity index (χ4n) is 2.24. The third kappa shape index (κ3) is 3.07. The molecular weight excluding hydrogens is 182 g/mol. The van der Waals surface area contributed by atoms with E-state index in [1.54, 1.807) is 0 Å². The monoisotopic (exact) mass is 205 g/mol. The van der Waals surface area contributed by atoms with Crippen molar-refractivity contribution >= 4 is 0 Å². The highest BCUT2D eigenvalue weighted by Gasteiger charge is 2.19. The van der Waals surface area contributed by atoms with Gasteiger partial charge in [-0.25, -0.2) is 0 Å². The van der Waals surface area contributed by atoms with Crippen molar-refractivity contribution in [2.45, 2.75) is 39.7 Å². The Bertz CT molecular complexity index is 287. The zero-order valence-electron chi connectivity index (χ0n) is 10.5. The van der Waals surface area contributed by atoms with Crippen LogP contribution in [0, 0.1) is 12.8 Å². The Hall–Kier alpha value is -0.820. The van der Waals surface area contributed by atoms with E-state index in [-0.39, 0.29) is 0 Å². The number of nitrogens with one attached hydrogen (secondary N) is 1. The molecule has 1 N–H and O–H groups in total. The largest absolute Gasteiger partial charge is 0.316 e. The smallest absolute Gasteiger partial charge is 0.0153 e. The van der Waals surface area contributed by atoms with E-state index in [9.17, 15) is 0 Å². The summed E-state index contributed by atoms with van der Waals surface area (Å²) in [5.74, 6) is 1.22. The second-order valence-corrected chi connectivity index (χ2v) is 4.76. The molecule has 1 aromatic rings. The number of likely N-dealkylation sites (N-methyl/N-ethyl adjacent to an activating group) is 1. The van der Waals surface area contributed by atoms with Gasteiger partial charge in [0, 0.05) is 6.04 Å². The van der Waals surface area contributed by atoms with Gasteiger partial charge in [-0.2, -0.15) is 0 Å². The minimum Gasteiger partial charge on any atom is -0.316 e. The van der Waals surface area contributed by atoms with E-state index in [0.29, 0.717) is 17.9 Å². The Morgan fingerprint density at radius 2 is 1.53 bits per heavy atom. The summed E-state index contributed by atoms with van der Waals surface area (Å²) in [5.41, 5.74) is 2.75. The Balaban J connectivity index is 2.82. The molecule has 0 amide bonds. The van der Waals surface area contributed by atoms with Crippen LogP contribution in [-0.2, 0) is 0 Å². The average molecular weight is 205 g/mol. The molecule has 0 bridgehead atoms. The summed E-state index contributed by atoms with van der Waals surface area (Å²) in [6.45, 7) is 8.97. The summed E-state index contributed by atoms with van der Waals surface area (Å²) in [4.78, 5) is 0. The third-order valence-electron chi connectivity index (χ3n) is 3.19. The number of hydrogen-bond acceptors (Lipinski definition) is 1. The van der Waals surface area contributed by atoms with Gasteiger partial charge in [0.2, 0.25) is 0 Å². The summed E-state index contributed by atoms with van der Waals surface area (Å²) in [7, 11) is 2.05. The Kier molecular flexibility index (Phi) is 4.34. The maximum Gasteiger partial charge on any atom is 0.0153 e. The van der Waals surface area contributed by atoms with Crippen LogP contribution in [0.3, 0.4) is 0 Å². The minimum absolute atomic E-state index is 0.549. The first-order valence-corrected chi connectivity index (χ1v) is 5.80. The third-order valence-corrected chi connectivity index (χ3v) is 3.19. The van der Waals surface area contributed by atoms with Crippen molar-refractivity contribution in [2.24, 2.45) is 5.92 Å². The van der Waals surface area contributed by atoms with Gasteiger partial charge in [-0.3, -0.25) is 0 Å². The topological polar surface area (TPSA) is 12.0 Å². The molecule has 2 unspecified atom stereocenters. The van der Waals surface area contributed by atoms with Crippen molar-refractivity contribution in [3.05, 3.63) is 35.4 Å². The molecular formula is C14H23N. The molecule has 0 aliphatic rings. The molecule has 84 valence electrons. The number of benzene rings is 1. The van der Waals surface area contributed by atoms with Crippen molar-refractivity contribution in [1.29, 1.82) is 0 Å². The zero-order chi connectivity index (χ0) is 11.4. The van der Waals surface area contributed by atoms with Gasteiger partial charge in [-0.05, 0) is 31.4 Å². The van der Waals surface area contributed by atoms with Crippen LogP contribution in [0.2, 0.25) is 0 Å². The van der Waals surface area contributed by atoms with Crippen molar-refractivity contribution in [3.63, 3.8) is 0 Å². The molecule has 0 saturated heterocycles. The molecule has 0 heterocycles. The van der Waals surface area contributed by atoms with Crippen molar-refractivity contribution < 1.29 is 0 Å². The van der Waals surface area contributed by atoms with Gasteiger partial charge >= 0.3 is 0 Å². The predicted molar refractivity (Wildman–Crippen MR) is 67.3 cm³/mol. The van der Waals surface area contributed by atoms with E-state index < -0.39 is 0 Å². The van der Waals surface area contributed by atoms with E-state index >= 15 is 0 Å². The molecule has 0 fully saturated rings. The molecule has 0 radical (unpaired) electrons. The summed E-state index contributed by atoms with van der Waals surface area (Å²) < 4.78 is 0. The van der Waals surface area contributed by atoms with Gasteiger partial charge in [-0.1, -0.05) is 50.6 Å². The van der Waals surface area contributed by atoms with Crippen LogP contribution in [0.4, 0.5) is 0 Å². The molecule has 1 nitrogen and oxygen atoms in total. The molecule has 2 atom stereocenters. The number of rotatable bonds is 4. The van der Waals surface area contributed by atoms with Crippen LogP contribution in [0.25, 0.3) is 0 Å². The van der Waals surface area contributed by atoms with Crippen molar-refractivity contribution in [3.8, 4) is 0 Å². The van der Waals surface area contributed by atoms with Crippen LogP contribution >= 0.6 is 0 Å². The van der Waals surface area contributed by atoms with E-state index in [1.165, 1.54) is 11.1 Å². The molecule has 1 rings (SSSR count). The zero-order valence-corrected chi connectivity index (χ0v) is 10.5. The highest BCUT2D eigenvalue weighted by molar-refractivity contribution is 5.25. The van der Waals surface area contributed by atoms with Crippen molar-refractivity contribution in [2.75, 3.05) is 7.05 Å². The molecule has 0 saturated carbocycles. The second-order valence-electron chi connectivity index (χ2n) is 4.76. The molecule has 0 aliphatic heterocycles. The number of aryl methyl sites for hydroxylation is 1. The minimum atomic E-state index is 0.549. The highest BCUT2D eigenvalue weighted by atomic mass is 14.9. The Labute approximate surface area is 93.9 Å². The molecule has 1 aromatic carbocycles. The second kappa shape index (κ2) is 5.32. The SMILES string of the molecule is CNC(C(C)C)C(C)c1ccc(C)cc1.